The number of amides is 2. The molecule has 10 heteroatoms. The first-order valence-corrected chi connectivity index (χ1v) is 10.2. The lowest BCUT2D eigenvalue weighted by Crippen LogP contribution is -2.29. The molecule has 1 aliphatic rings. The molecule has 166 valence electrons. The minimum absolute atomic E-state index is 0.121. The number of nitrogens with zero attached hydrogens (tertiary/aromatic N) is 4. The molecule has 5 rings (SSSR count). The summed E-state index contributed by atoms with van der Waals surface area (Å²) in [5.41, 5.74) is 1.35. The number of carbonyl (C=O) groups is 2. The number of rotatable bonds is 4. The summed E-state index contributed by atoms with van der Waals surface area (Å²) in [4.78, 5) is 32.1. The Morgan fingerprint density at radius 3 is 2.45 bits per heavy atom. The van der Waals surface area contributed by atoms with E-state index in [1.54, 1.807) is 25.1 Å². The van der Waals surface area contributed by atoms with E-state index >= 15 is 0 Å². The van der Waals surface area contributed by atoms with E-state index in [1.807, 2.05) is 0 Å². The van der Waals surface area contributed by atoms with Crippen LogP contribution in [0.5, 0.6) is 11.5 Å². The van der Waals surface area contributed by atoms with Crippen molar-refractivity contribution in [1.29, 1.82) is 0 Å². The largest absolute Gasteiger partial charge is 0.497 e. The van der Waals surface area contributed by atoms with Crippen molar-refractivity contribution >= 4 is 40.1 Å². The van der Waals surface area contributed by atoms with Crippen molar-refractivity contribution in [1.82, 2.24) is 14.8 Å². The highest BCUT2D eigenvalue weighted by molar-refractivity contribution is 6.37. The van der Waals surface area contributed by atoms with Gasteiger partial charge in [0, 0.05) is 17.3 Å². The third-order valence-electron chi connectivity index (χ3n) is 5.49. The molecule has 0 bridgehead atoms. The fourth-order valence-corrected chi connectivity index (χ4v) is 4.13. The molecule has 0 saturated carbocycles. The molecule has 0 fully saturated rings. The van der Waals surface area contributed by atoms with E-state index in [2.05, 4.69) is 10.1 Å². The van der Waals surface area contributed by atoms with E-state index in [4.69, 9.17) is 21.1 Å². The molecule has 0 saturated heterocycles. The topological polar surface area (TPSA) is 86.5 Å². The number of aryl methyl sites for hydroxylation is 1. The molecule has 0 radical (unpaired) electrons. The summed E-state index contributed by atoms with van der Waals surface area (Å²) in [6.45, 7) is 1.67. The van der Waals surface area contributed by atoms with Crippen molar-refractivity contribution in [2.75, 3.05) is 19.1 Å². The van der Waals surface area contributed by atoms with Crippen LogP contribution in [0.1, 0.15) is 26.4 Å². The number of halogens is 2. The van der Waals surface area contributed by atoms with Crippen molar-refractivity contribution in [2.24, 2.45) is 0 Å². The van der Waals surface area contributed by atoms with Gasteiger partial charge < -0.3 is 9.47 Å². The number of imide groups is 1. The number of ether oxygens (including phenoxy) is 2. The van der Waals surface area contributed by atoms with Crippen molar-refractivity contribution in [3.05, 3.63) is 70.3 Å². The van der Waals surface area contributed by atoms with Gasteiger partial charge in [-0.2, -0.15) is 5.10 Å². The SMILES string of the molecule is COc1ccc(N2C(=O)c3cnc4c(c(C)nn4-c4ccc(Cl)cc4F)c3C2=O)c(OC)c1. The molecule has 0 aliphatic carbocycles. The van der Waals surface area contributed by atoms with E-state index in [0.29, 0.717) is 22.6 Å². The van der Waals surface area contributed by atoms with Crippen LogP contribution in [0.3, 0.4) is 0 Å². The highest BCUT2D eigenvalue weighted by Gasteiger charge is 2.41. The van der Waals surface area contributed by atoms with Crippen molar-refractivity contribution in [3.8, 4) is 17.2 Å². The second-order valence-electron chi connectivity index (χ2n) is 7.32. The summed E-state index contributed by atoms with van der Waals surface area (Å²) >= 11 is 5.87. The monoisotopic (exact) mass is 466 g/mol. The van der Waals surface area contributed by atoms with Gasteiger partial charge in [-0.3, -0.25) is 9.59 Å². The lowest BCUT2D eigenvalue weighted by Gasteiger charge is -2.18. The highest BCUT2D eigenvalue weighted by atomic mass is 35.5. The molecule has 33 heavy (non-hydrogen) atoms. The van der Waals surface area contributed by atoms with E-state index in [9.17, 15) is 14.0 Å². The minimum atomic E-state index is -0.596. The Balaban J connectivity index is 1.70. The Labute approximate surface area is 192 Å². The van der Waals surface area contributed by atoms with Gasteiger partial charge >= 0.3 is 0 Å². The standard InChI is InChI=1S/C23H16ClFN4O4/c1-11-19-20-14(10-26-21(19)29(27-11)16-6-4-12(24)8-15(16)25)22(30)28(23(20)31)17-7-5-13(32-2)9-18(17)33-3/h4-10H,1-3H3. The first kappa shape index (κ1) is 20.9. The van der Waals surface area contributed by atoms with Crippen LogP contribution < -0.4 is 14.4 Å². The number of benzene rings is 2. The maximum atomic E-state index is 14.6. The summed E-state index contributed by atoms with van der Waals surface area (Å²) in [7, 11) is 2.94. The van der Waals surface area contributed by atoms with Crippen molar-refractivity contribution < 1.29 is 23.5 Å². The van der Waals surface area contributed by atoms with Gasteiger partial charge in [0.15, 0.2) is 5.65 Å². The van der Waals surface area contributed by atoms with Gasteiger partial charge in [0.1, 0.15) is 23.0 Å². The van der Waals surface area contributed by atoms with E-state index in [1.165, 1.54) is 43.3 Å². The summed E-state index contributed by atoms with van der Waals surface area (Å²) in [6, 6.07) is 8.95. The van der Waals surface area contributed by atoms with E-state index in [-0.39, 0.29) is 33.2 Å². The first-order valence-electron chi connectivity index (χ1n) is 9.80. The maximum absolute atomic E-state index is 14.6. The number of methoxy groups -OCH3 is 2. The van der Waals surface area contributed by atoms with Crippen molar-refractivity contribution in [3.63, 3.8) is 0 Å². The molecule has 1 aliphatic heterocycles. The number of aromatic nitrogens is 3. The molecule has 4 aromatic rings. The van der Waals surface area contributed by atoms with E-state index < -0.39 is 17.6 Å². The third kappa shape index (κ3) is 3.04. The number of carbonyl (C=O) groups excluding carboxylic acids is 2. The average molecular weight is 467 g/mol. The smallest absolute Gasteiger partial charge is 0.267 e. The Bertz CT molecular complexity index is 1480. The molecular formula is C23H16ClFN4O4. The Morgan fingerprint density at radius 2 is 1.76 bits per heavy atom. The van der Waals surface area contributed by atoms with Gasteiger partial charge in [-0.1, -0.05) is 11.6 Å². The number of anilines is 1. The van der Waals surface area contributed by atoms with Crippen LogP contribution in [0.25, 0.3) is 16.7 Å². The zero-order valence-corrected chi connectivity index (χ0v) is 18.5. The molecule has 0 atom stereocenters. The zero-order valence-electron chi connectivity index (χ0n) is 17.7. The van der Waals surface area contributed by atoms with E-state index in [0.717, 1.165) is 4.90 Å². The van der Waals surface area contributed by atoms with Crippen LogP contribution in [-0.2, 0) is 0 Å². The Kier molecular flexibility index (Phi) is 4.79. The number of hydrogen-bond acceptors (Lipinski definition) is 6. The molecule has 3 heterocycles. The molecule has 2 amide bonds. The third-order valence-corrected chi connectivity index (χ3v) is 5.72. The van der Waals surface area contributed by atoms with Crippen molar-refractivity contribution in [2.45, 2.75) is 6.92 Å². The summed E-state index contributed by atoms with van der Waals surface area (Å²) in [5, 5.41) is 5.00. The first-order chi connectivity index (χ1) is 15.8. The lowest BCUT2D eigenvalue weighted by molar-refractivity contribution is 0.0925. The predicted octanol–water partition coefficient (Wildman–Crippen LogP) is 4.34. The van der Waals surface area contributed by atoms with Crippen LogP contribution in [0, 0.1) is 12.7 Å². The van der Waals surface area contributed by atoms with Gasteiger partial charge in [0.25, 0.3) is 11.8 Å². The number of hydrogen-bond donors (Lipinski definition) is 0. The zero-order chi connectivity index (χ0) is 23.4. The fourth-order valence-electron chi connectivity index (χ4n) is 3.97. The Morgan fingerprint density at radius 1 is 1.00 bits per heavy atom. The van der Waals surface area contributed by atoms with Gasteiger partial charge in [0.2, 0.25) is 0 Å². The fraction of sp³-hybridized carbons (Fsp3) is 0.130. The summed E-state index contributed by atoms with van der Waals surface area (Å²) in [5.74, 6) is -0.883. The highest BCUT2D eigenvalue weighted by Crippen LogP contribution is 2.39. The lowest BCUT2D eigenvalue weighted by atomic mass is 10.1. The minimum Gasteiger partial charge on any atom is -0.497 e. The van der Waals surface area contributed by atoms with Crippen LogP contribution in [0.4, 0.5) is 10.1 Å². The quantitative estimate of drug-likeness (QED) is 0.416. The molecular weight excluding hydrogens is 451 g/mol. The second kappa shape index (κ2) is 7.56. The number of pyridine rings is 1. The molecule has 0 spiro atoms. The molecule has 2 aromatic heterocycles. The second-order valence-corrected chi connectivity index (χ2v) is 7.76. The van der Waals surface area contributed by atoms with Gasteiger partial charge in [-0.05, 0) is 37.3 Å². The van der Waals surface area contributed by atoms with Crippen LogP contribution in [-0.4, -0.2) is 40.8 Å². The molecule has 0 N–H and O–H groups in total. The van der Waals surface area contributed by atoms with Gasteiger partial charge in [-0.15, -0.1) is 0 Å². The average Bonchev–Trinajstić information content (AvgIpc) is 3.27. The number of fused-ring (bicyclic) bond motifs is 3. The summed E-state index contributed by atoms with van der Waals surface area (Å²) < 4.78 is 26.5. The van der Waals surface area contributed by atoms with Gasteiger partial charge in [-0.25, -0.2) is 19.0 Å². The maximum Gasteiger partial charge on any atom is 0.267 e. The molecule has 0 unspecified atom stereocenters. The molecule has 8 nitrogen and oxygen atoms in total. The van der Waals surface area contributed by atoms with Crippen LogP contribution in [0.15, 0.2) is 42.6 Å². The molecule has 2 aromatic carbocycles. The predicted molar refractivity (Wildman–Crippen MR) is 119 cm³/mol. The summed E-state index contributed by atoms with van der Waals surface area (Å²) in [6.07, 6.45) is 1.30. The van der Waals surface area contributed by atoms with Crippen LogP contribution >= 0.6 is 11.6 Å². The van der Waals surface area contributed by atoms with Gasteiger partial charge in [0.05, 0.1) is 42.1 Å². The normalized spacial score (nSPS) is 13.1. The Hall–Kier alpha value is -3.98. The van der Waals surface area contributed by atoms with Crippen LogP contribution in [0.2, 0.25) is 5.02 Å².